The summed E-state index contributed by atoms with van der Waals surface area (Å²) in [5, 5.41) is 0. The van der Waals surface area contributed by atoms with E-state index in [4.69, 9.17) is 4.74 Å². The first-order chi connectivity index (χ1) is 5.29. The van der Waals surface area contributed by atoms with Crippen LogP contribution in [0.5, 0.6) is 0 Å². The van der Waals surface area contributed by atoms with Crippen molar-refractivity contribution in [2.45, 2.75) is 13.8 Å². The molecule has 0 radical (unpaired) electrons. The summed E-state index contributed by atoms with van der Waals surface area (Å²) < 4.78 is 7.82. The molecular formula is C8H17NOSi. The highest BCUT2D eigenvalue weighted by Crippen LogP contribution is 1.96. The van der Waals surface area contributed by atoms with Gasteiger partial charge < -0.3 is 9.30 Å². The van der Waals surface area contributed by atoms with Crippen LogP contribution >= 0.6 is 0 Å². The monoisotopic (exact) mass is 171 g/mol. The lowest BCUT2D eigenvalue weighted by molar-refractivity contribution is 0.0729. The van der Waals surface area contributed by atoms with Crippen LogP contribution in [-0.2, 0) is 4.74 Å². The van der Waals surface area contributed by atoms with Crippen molar-refractivity contribution in [3.63, 3.8) is 0 Å². The largest absolute Gasteiger partial charge is 0.379 e. The van der Waals surface area contributed by atoms with E-state index in [1.807, 2.05) is 0 Å². The lowest BCUT2D eigenvalue weighted by Crippen LogP contribution is -2.38. The Morgan fingerprint density at radius 3 is 2.55 bits per heavy atom. The van der Waals surface area contributed by atoms with E-state index in [2.05, 4.69) is 24.1 Å². The lowest BCUT2D eigenvalue weighted by atomic mass is 10.4. The molecule has 0 aromatic carbocycles. The smallest absolute Gasteiger partial charge is 0.119 e. The number of allylic oxidation sites excluding steroid dienone is 1. The fraction of sp³-hybridized carbons (Fsp3) is 0.750. The molecule has 1 saturated heterocycles. The molecule has 0 aromatic heterocycles. The van der Waals surface area contributed by atoms with E-state index in [0.717, 1.165) is 26.3 Å². The minimum Gasteiger partial charge on any atom is -0.379 e. The Morgan fingerprint density at radius 1 is 1.36 bits per heavy atom. The number of hydrogen-bond donors (Lipinski definition) is 0. The van der Waals surface area contributed by atoms with Crippen molar-refractivity contribution < 1.29 is 4.74 Å². The van der Waals surface area contributed by atoms with Crippen molar-refractivity contribution >= 4 is 9.68 Å². The number of rotatable bonds is 2. The summed E-state index contributed by atoms with van der Waals surface area (Å²) >= 11 is 0. The zero-order valence-corrected chi connectivity index (χ0v) is 8.88. The molecule has 1 fully saturated rings. The van der Waals surface area contributed by atoms with Gasteiger partial charge >= 0.3 is 0 Å². The molecule has 0 N–H and O–H groups in total. The molecule has 3 heteroatoms. The molecular weight excluding hydrogens is 154 g/mol. The Balaban J connectivity index is 2.19. The quantitative estimate of drug-likeness (QED) is 0.555. The van der Waals surface area contributed by atoms with Gasteiger partial charge in [-0.3, -0.25) is 0 Å². The van der Waals surface area contributed by atoms with E-state index in [9.17, 15) is 0 Å². The van der Waals surface area contributed by atoms with E-state index in [0.29, 0.717) is 0 Å². The highest BCUT2D eigenvalue weighted by molar-refractivity contribution is 6.38. The van der Waals surface area contributed by atoms with Crippen molar-refractivity contribution in [2.75, 3.05) is 26.3 Å². The topological polar surface area (TPSA) is 12.5 Å². The van der Waals surface area contributed by atoms with Gasteiger partial charge in [-0.2, -0.15) is 0 Å². The summed E-state index contributed by atoms with van der Waals surface area (Å²) in [5.74, 6) is 0. The minimum absolute atomic E-state index is 0.0906. The van der Waals surface area contributed by atoms with Crippen LogP contribution in [0.3, 0.4) is 0 Å². The van der Waals surface area contributed by atoms with Gasteiger partial charge in [0, 0.05) is 13.1 Å². The third-order valence-electron chi connectivity index (χ3n) is 1.86. The molecule has 0 unspecified atom stereocenters. The van der Waals surface area contributed by atoms with Crippen molar-refractivity contribution in [3.05, 3.63) is 11.3 Å². The summed E-state index contributed by atoms with van der Waals surface area (Å²) in [4.78, 5) is 0. The van der Waals surface area contributed by atoms with Gasteiger partial charge in [0.25, 0.3) is 0 Å². The molecule has 0 atom stereocenters. The first-order valence-corrected chi connectivity index (χ1v) is 5.67. The normalized spacial score (nSPS) is 20.9. The zero-order valence-electron chi connectivity index (χ0n) is 7.47. The molecule has 64 valence electrons. The van der Waals surface area contributed by atoms with Gasteiger partial charge in [-0.25, -0.2) is 0 Å². The number of ether oxygens (including phenoxy) is 1. The van der Waals surface area contributed by atoms with Gasteiger partial charge in [0.05, 0.1) is 13.2 Å². The van der Waals surface area contributed by atoms with Gasteiger partial charge in [-0.1, -0.05) is 11.3 Å². The predicted octanol–water partition coefficient (Wildman–Crippen LogP) is 0.326. The molecule has 0 saturated carbocycles. The first-order valence-electron chi connectivity index (χ1n) is 4.22. The third kappa shape index (κ3) is 3.70. The molecule has 0 spiro atoms. The summed E-state index contributed by atoms with van der Waals surface area (Å²) in [7, 11) is -0.0906. The van der Waals surface area contributed by atoms with Crippen LogP contribution in [0, 0.1) is 0 Å². The van der Waals surface area contributed by atoms with E-state index in [-0.39, 0.29) is 9.68 Å². The van der Waals surface area contributed by atoms with Crippen LogP contribution in [0.15, 0.2) is 11.3 Å². The molecule has 0 aliphatic carbocycles. The molecule has 1 heterocycles. The van der Waals surface area contributed by atoms with Crippen LogP contribution in [0.2, 0.25) is 0 Å². The molecule has 1 aliphatic heterocycles. The summed E-state index contributed by atoms with van der Waals surface area (Å²) in [6.45, 7) is 8.51. The lowest BCUT2D eigenvalue weighted by Gasteiger charge is -2.25. The number of morpholine rings is 1. The van der Waals surface area contributed by atoms with Crippen LogP contribution < -0.4 is 0 Å². The highest BCUT2D eigenvalue weighted by atomic mass is 28.2. The zero-order chi connectivity index (χ0) is 8.10. The van der Waals surface area contributed by atoms with Crippen molar-refractivity contribution in [1.29, 1.82) is 0 Å². The van der Waals surface area contributed by atoms with Gasteiger partial charge in [-0.15, -0.1) is 0 Å². The predicted molar refractivity (Wildman–Crippen MR) is 50.4 cm³/mol. The van der Waals surface area contributed by atoms with Gasteiger partial charge in [0.1, 0.15) is 9.68 Å². The van der Waals surface area contributed by atoms with Gasteiger partial charge in [0.2, 0.25) is 0 Å². The van der Waals surface area contributed by atoms with Crippen LogP contribution in [-0.4, -0.2) is 40.5 Å². The van der Waals surface area contributed by atoms with Crippen LogP contribution in [0.4, 0.5) is 0 Å². The van der Waals surface area contributed by atoms with Crippen molar-refractivity contribution in [1.82, 2.24) is 4.57 Å². The average Bonchev–Trinajstić information content (AvgIpc) is 2.03. The summed E-state index contributed by atoms with van der Waals surface area (Å²) in [6.07, 6.45) is 0. The second kappa shape index (κ2) is 4.69. The summed E-state index contributed by atoms with van der Waals surface area (Å²) in [5.41, 5.74) is 3.87. The van der Waals surface area contributed by atoms with E-state index >= 15 is 0 Å². The molecule has 0 bridgehead atoms. The maximum Gasteiger partial charge on any atom is 0.119 e. The van der Waals surface area contributed by atoms with Crippen LogP contribution in [0.1, 0.15) is 13.8 Å². The first kappa shape index (κ1) is 8.97. The number of nitrogens with zero attached hydrogens (tertiary/aromatic N) is 1. The standard InChI is InChI=1S/C8H17NOSi/c1-8(2)7-11-9-3-5-10-6-4-9/h7H,3-6,11H2,1-2H3. The molecule has 2 nitrogen and oxygen atoms in total. The Morgan fingerprint density at radius 2 is 2.00 bits per heavy atom. The SMILES string of the molecule is CC(C)=C[SiH2]N1CCOCC1. The van der Waals surface area contributed by atoms with E-state index in [1.54, 1.807) is 0 Å². The molecule has 11 heavy (non-hydrogen) atoms. The third-order valence-corrected chi connectivity index (χ3v) is 4.01. The Hall–Kier alpha value is -0.123. The van der Waals surface area contributed by atoms with Gasteiger partial charge in [-0.05, 0) is 13.8 Å². The Bertz CT molecular complexity index is 137. The van der Waals surface area contributed by atoms with Crippen molar-refractivity contribution in [3.8, 4) is 0 Å². The second-order valence-electron chi connectivity index (χ2n) is 3.19. The minimum atomic E-state index is -0.0906. The van der Waals surface area contributed by atoms with E-state index < -0.39 is 0 Å². The molecule has 0 aromatic rings. The number of hydrogen-bond acceptors (Lipinski definition) is 2. The maximum atomic E-state index is 5.27. The van der Waals surface area contributed by atoms with Crippen LogP contribution in [0.25, 0.3) is 0 Å². The Labute approximate surface area is 71.1 Å². The second-order valence-corrected chi connectivity index (χ2v) is 4.86. The molecule has 0 amide bonds. The van der Waals surface area contributed by atoms with Crippen molar-refractivity contribution in [2.24, 2.45) is 0 Å². The van der Waals surface area contributed by atoms with Gasteiger partial charge in [0.15, 0.2) is 0 Å². The molecule has 1 rings (SSSR count). The summed E-state index contributed by atoms with van der Waals surface area (Å²) in [6, 6.07) is 0. The maximum absolute atomic E-state index is 5.27. The fourth-order valence-corrected chi connectivity index (χ4v) is 2.34. The fourth-order valence-electron chi connectivity index (χ4n) is 1.10. The highest BCUT2D eigenvalue weighted by Gasteiger charge is 2.07. The molecule has 1 aliphatic rings. The Kier molecular flexibility index (Phi) is 3.83. The van der Waals surface area contributed by atoms with E-state index in [1.165, 1.54) is 5.57 Å². The average molecular weight is 171 g/mol.